The fourth-order valence-corrected chi connectivity index (χ4v) is 4.11. The molecule has 9 heteroatoms. The number of hydrogen-bond acceptors (Lipinski definition) is 6. The maximum atomic E-state index is 12.9. The average Bonchev–Trinajstić information content (AvgIpc) is 3.13. The Morgan fingerprint density at radius 1 is 1.00 bits per heavy atom. The van der Waals surface area contributed by atoms with Gasteiger partial charge in [-0.1, -0.05) is 12.1 Å². The number of para-hydroxylation sites is 1. The number of carbonyl (C=O) groups excluding carboxylic acids is 1. The number of aryl methyl sites for hydroxylation is 1. The van der Waals surface area contributed by atoms with Crippen LogP contribution in [-0.4, -0.2) is 66.1 Å². The highest BCUT2D eigenvalue weighted by molar-refractivity contribution is 5.91. The van der Waals surface area contributed by atoms with Crippen LogP contribution in [0.1, 0.15) is 11.4 Å². The number of methoxy groups -OCH3 is 2. The normalized spacial score (nSPS) is 13.8. The van der Waals surface area contributed by atoms with E-state index in [1.54, 1.807) is 32.5 Å². The smallest absolute Gasteiger partial charge is 0.322 e. The molecule has 1 fully saturated rings. The molecule has 0 spiro atoms. The lowest BCUT2D eigenvalue weighted by Gasteiger charge is -2.36. The minimum atomic E-state index is -0.158. The molecule has 9 nitrogen and oxygen atoms in total. The van der Waals surface area contributed by atoms with Gasteiger partial charge < -0.3 is 24.6 Å². The third-order valence-electron chi connectivity index (χ3n) is 5.65. The predicted octanol–water partition coefficient (Wildman–Crippen LogP) is 3.26. The molecule has 0 radical (unpaired) electrons. The number of urea groups is 1. The van der Waals surface area contributed by atoms with Crippen LogP contribution < -0.4 is 19.7 Å². The second-order valence-electron chi connectivity index (χ2n) is 7.56. The Hall–Kier alpha value is -3.75. The number of carbonyl (C=O) groups is 1. The van der Waals surface area contributed by atoms with Gasteiger partial charge in [0.15, 0.2) is 17.3 Å². The number of hydrogen-bond donors (Lipinski definition) is 1. The van der Waals surface area contributed by atoms with Gasteiger partial charge in [-0.05, 0) is 38.1 Å². The second kappa shape index (κ2) is 9.17. The van der Waals surface area contributed by atoms with Gasteiger partial charge in [0, 0.05) is 32.4 Å². The fraction of sp³-hybridized carbons (Fsp3) is 0.348. The van der Waals surface area contributed by atoms with Crippen LogP contribution in [0.25, 0.3) is 5.82 Å². The molecule has 3 aromatic rings. The molecule has 2 amide bonds. The fourth-order valence-electron chi connectivity index (χ4n) is 4.11. The zero-order valence-corrected chi connectivity index (χ0v) is 18.8. The SMILES string of the molecule is COc1cccc(NC(=O)N2CCN(c3c(C)nn(-c4ccccn4)c3C)CC2)c1OC. The van der Waals surface area contributed by atoms with Crippen molar-refractivity contribution in [2.45, 2.75) is 13.8 Å². The molecule has 0 unspecified atom stereocenters. The first-order valence-electron chi connectivity index (χ1n) is 10.5. The van der Waals surface area contributed by atoms with Crippen molar-refractivity contribution in [3.63, 3.8) is 0 Å². The summed E-state index contributed by atoms with van der Waals surface area (Å²) in [6.07, 6.45) is 1.76. The second-order valence-corrected chi connectivity index (χ2v) is 7.56. The van der Waals surface area contributed by atoms with Crippen LogP contribution in [0.4, 0.5) is 16.2 Å². The summed E-state index contributed by atoms with van der Waals surface area (Å²) >= 11 is 0. The van der Waals surface area contributed by atoms with Crippen LogP contribution in [0.5, 0.6) is 11.5 Å². The zero-order chi connectivity index (χ0) is 22.7. The number of nitrogens with one attached hydrogen (secondary N) is 1. The number of anilines is 2. The van der Waals surface area contributed by atoms with E-state index < -0.39 is 0 Å². The summed E-state index contributed by atoms with van der Waals surface area (Å²) in [4.78, 5) is 21.4. The van der Waals surface area contributed by atoms with Crippen molar-refractivity contribution in [3.05, 3.63) is 54.0 Å². The van der Waals surface area contributed by atoms with Gasteiger partial charge in [0.05, 0.1) is 37.0 Å². The van der Waals surface area contributed by atoms with Gasteiger partial charge in [0.2, 0.25) is 0 Å². The van der Waals surface area contributed by atoms with Crippen LogP contribution in [0.2, 0.25) is 0 Å². The van der Waals surface area contributed by atoms with E-state index in [1.165, 1.54) is 0 Å². The Bertz CT molecular complexity index is 1090. The number of piperazine rings is 1. The summed E-state index contributed by atoms with van der Waals surface area (Å²) < 4.78 is 12.6. The van der Waals surface area contributed by atoms with Gasteiger partial charge in [-0.25, -0.2) is 14.5 Å². The van der Waals surface area contributed by atoms with Gasteiger partial charge in [-0.2, -0.15) is 5.10 Å². The molecule has 4 rings (SSSR count). The van der Waals surface area contributed by atoms with E-state index >= 15 is 0 Å². The van der Waals surface area contributed by atoms with Crippen molar-refractivity contribution in [1.29, 1.82) is 0 Å². The quantitative estimate of drug-likeness (QED) is 0.661. The van der Waals surface area contributed by atoms with Crippen LogP contribution in [0, 0.1) is 13.8 Å². The molecule has 1 N–H and O–H groups in total. The van der Waals surface area contributed by atoms with Gasteiger partial charge in [-0.3, -0.25) is 0 Å². The van der Waals surface area contributed by atoms with E-state index in [2.05, 4.69) is 22.1 Å². The number of rotatable bonds is 5. The highest BCUT2D eigenvalue weighted by Gasteiger charge is 2.26. The average molecular weight is 437 g/mol. The third kappa shape index (κ3) is 4.05. The highest BCUT2D eigenvalue weighted by Crippen LogP contribution is 2.35. The first-order valence-corrected chi connectivity index (χ1v) is 10.5. The molecule has 0 bridgehead atoms. The van der Waals surface area contributed by atoms with Crippen LogP contribution in [0.3, 0.4) is 0 Å². The van der Waals surface area contributed by atoms with Crippen LogP contribution in [-0.2, 0) is 0 Å². The number of pyridine rings is 1. The summed E-state index contributed by atoms with van der Waals surface area (Å²) in [7, 11) is 3.13. The van der Waals surface area contributed by atoms with E-state index in [-0.39, 0.29) is 6.03 Å². The largest absolute Gasteiger partial charge is 0.493 e. The van der Waals surface area contributed by atoms with Gasteiger partial charge in [0.25, 0.3) is 0 Å². The Morgan fingerprint density at radius 3 is 2.44 bits per heavy atom. The molecular weight excluding hydrogens is 408 g/mol. The predicted molar refractivity (Wildman–Crippen MR) is 123 cm³/mol. The van der Waals surface area contributed by atoms with Gasteiger partial charge in [0.1, 0.15) is 0 Å². The Balaban J connectivity index is 1.44. The topological polar surface area (TPSA) is 84.8 Å². The third-order valence-corrected chi connectivity index (χ3v) is 5.65. The van der Waals surface area contributed by atoms with E-state index in [0.29, 0.717) is 30.3 Å². The van der Waals surface area contributed by atoms with E-state index in [1.807, 2.05) is 40.8 Å². The van der Waals surface area contributed by atoms with Crippen molar-refractivity contribution in [3.8, 4) is 17.3 Å². The molecule has 0 aliphatic carbocycles. The molecule has 0 atom stereocenters. The maximum Gasteiger partial charge on any atom is 0.322 e. The van der Waals surface area contributed by atoms with E-state index in [4.69, 9.17) is 14.6 Å². The Morgan fingerprint density at radius 2 is 1.78 bits per heavy atom. The van der Waals surface area contributed by atoms with Crippen LogP contribution >= 0.6 is 0 Å². The number of benzene rings is 1. The molecule has 1 aliphatic heterocycles. The van der Waals surface area contributed by atoms with E-state index in [9.17, 15) is 4.79 Å². The number of ether oxygens (including phenoxy) is 2. The van der Waals surface area contributed by atoms with E-state index in [0.717, 1.165) is 36.0 Å². The molecule has 2 aromatic heterocycles. The minimum absolute atomic E-state index is 0.158. The number of nitrogens with zero attached hydrogens (tertiary/aromatic N) is 5. The lowest BCUT2D eigenvalue weighted by Crippen LogP contribution is -2.50. The molecule has 1 aliphatic rings. The first kappa shape index (κ1) is 21.5. The lowest BCUT2D eigenvalue weighted by molar-refractivity contribution is 0.208. The summed E-state index contributed by atoms with van der Waals surface area (Å²) in [6, 6.07) is 11.0. The van der Waals surface area contributed by atoms with Crippen molar-refractivity contribution >= 4 is 17.4 Å². The summed E-state index contributed by atoms with van der Waals surface area (Å²) in [6.45, 7) is 6.71. The van der Waals surface area contributed by atoms with Crippen LogP contribution in [0.15, 0.2) is 42.6 Å². The monoisotopic (exact) mass is 436 g/mol. The maximum absolute atomic E-state index is 12.9. The molecule has 3 heterocycles. The summed E-state index contributed by atoms with van der Waals surface area (Å²) in [5.74, 6) is 1.88. The summed E-state index contributed by atoms with van der Waals surface area (Å²) in [5.41, 5.74) is 3.68. The molecule has 1 saturated heterocycles. The highest BCUT2D eigenvalue weighted by atomic mass is 16.5. The van der Waals surface area contributed by atoms with Crippen molar-refractivity contribution in [2.75, 3.05) is 50.6 Å². The molecular formula is C23H28N6O3. The standard InChI is InChI=1S/C23H28N6O3/c1-16-21(17(2)29(26-16)20-10-5-6-11-24-20)27-12-14-28(15-13-27)23(30)25-18-8-7-9-19(31-3)22(18)32-4/h5-11H,12-15H2,1-4H3,(H,25,30). The lowest BCUT2D eigenvalue weighted by atomic mass is 10.2. The van der Waals surface area contributed by atoms with Gasteiger partial charge in [-0.15, -0.1) is 0 Å². The van der Waals surface area contributed by atoms with Gasteiger partial charge >= 0.3 is 6.03 Å². The van der Waals surface area contributed by atoms with Crippen molar-refractivity contribution in [1.82, 2.24) is 19.7 Å². The minimum Gasteiger partial charge on any atom is -0.493 e. The van der Waals surface area contributed by atoms with Crippen molar-refractivity contribution < 1.29 is 14.3 Å². The first-order chi connectivity index (χ1) is 15.5. The zero-order valence-electron chi connectivity index (χ0n) is 18.8. The summed E-state index contributed by atoms with van der Waals surface area (Å²) in [5, 5.41) is 7.64. The number of aromatic nitrogens is 3. The van der Waals surface area contributed by atoms with Crippen molar-refractivity contribution in [2.24, 2.45) is 0 Å². The Kier molecular flexibility index (Phi) is 6.16. The number of amides is 2. The Labute approximate surface area is 187 Å². The molecule has 1 aromatic carbocycles. The molecule has 32 heavy (non-hydrogen) atoms. The molecule has 0 saturated carbocycles. The molecule has 168 valence electrons.